The van der Waals surface area contributed by atoms with Crippen LogP contribution < -0.4 is 11.1 Å². The average Bonchev–Trinajstić information content (AvgIpc) is 2.35. The number of nitrogens with one attached hydrogen (secondary N) is 1. The smallest absolute Gasteiger partial charge is 0.0950 e. The van der Waals surface area contributed by atoms with Gasteiger partial charge in [0.05, 0.1) is 9.34 Å². The van der Waals surface area contributed by atoms with E-state index in [1.807, 2.05) is 19.1 Å². The summed E-state index contributed by atoms with van der Waals surface area (Å²) in [7, 11) is 0. The van der Waals surface area contributed by atoms with Crippen LogP contribution in [-0.2, 0) is 0 Å². The summed E-state index contributed by atoms with van der Waals surface area (Å²) in [4.78, 5) is 0. The van der Waals surface area contributed by atoms with E-state index in [0.29, 0.717) is 0 Å². The zero-order valence-corrected chi connectivity index (χ0v) is 8.58. The van der Waals surface area contributed by atoms with Crippen molar-refractivity contribution in [1.82, 2.24) is 0 Å². The molecule has 0 fully saturated rings. The number of hydrogen-bond donors (Lipinski definition) is 2. The molecule has 1 aromatic rings. The fourth-order valence-electron chi connectivity index (χ4n) is 0.832. The Labute approximate surface area is 81.7 Å². The van der Waals surface area contributed by atoms with E-state index in [9.17, 15) is 0 Å². The van der Waals surface area contributed by atoms with Crippen molar-refractivity contribution in [2.45, 2.75) is 19.4 Å². The number of nitrogens with two attached hydrogens (primary N) is 1. The quantitative estimate of drug-likeness (QED) is 0.791. The molecule has 0 aliphatic carbocycles. The third-order valence-electron chi connectivity index (χ3n) is 1.47. The van der Waals surface area contributed by atoms with E-state index in [0.717, 1.165) is 22.3 Å². The number of rotatable bonds is 4. The lowest BCUT2D eigenvalue weighted by Crippen LogP contribution is -2.18. The van der Waals surface area contributed by atoms with Crippen LogP contribution in [0.15, 0.2) is 12.1 Å². The second kappa shape index (κ2) is 4.70. The highest BCUT2D eigenvalue weighted by Crippen LogP contribution is 2.25. The van der Waals surface area contributed by atoms with Crippen molar-refractivity contribution >= 4 is 27.9 Å². The Morgan fingerprint density at radius 2 is 2.42 bits per heavy atom. The van der Waals surface area contributed by atoms with E-state index in [4.69, 9.17) is 17.3 Å². The summed E-state index contributed by atoms with van der Waals surface area (Å²) in [6.07, 6.45) is 0.982. The number of hydrogen-bond acceptors (Lipinski definition) is 3. The lowest BCUT2D eigenvalue weighted by atomic mass is 10.2. The first-order chi connectivity index (χ1) is 5.68. The van der Waals surface area contributed by atoms with E-state index in [1.165, 1.54) is 0 Å². The van der Waals surface area contributed by atoms with E-state index in [-0.39, 0.29) is 6.04 Å². The fourth-order valence-corrected chi connectivity index (χ4v) is 1.80. The second-order valence-electron chi connectivity index (χ2n) is 2.80. The minimum Gasteiger partial charge on any atom is -0.377 e. The Kier molecular flexibility index (Phi) is 3.85. The van der Waals surface area contributed by atoms with Gasteiger partial charge in [-0.2, -0.15) is 0 Å². The molecule has 12 heavy (non-hydrogen) atoms. The molecule has 1 unspecified atom stereocenters. The summed E-state index contributed by atoms with van der Waals surface area (Å²) >= 11 is 7.31. The maximum absolute atomic E-state index is 5.76. The van der Waals surface area contributed by atoms with Crippen LogP contribution in [-0.4, -0.2) is 12.6 Å². The van der Waals surface area contributed by atoms with E-state index in [2.05, 4.69) is 5.32 Å². The summed E-state index contributed by atoms with van der Waals surface area (Å²) in [5, 5.41) is 4.36. The Hall–Kier alpha value is -0.250. The van der Waals surface area contributed by atoms with Gasteiger partial charge in [0.25, 0.3) is 0 Å². The average molecular weight is 205 g/mol. The van der Waals surface area contributed by atoms with Gasteiger partial charge in [-0.3, -0.25) is 0 Å². The summed E-state index contributed by atoms with van der Waals surface area (Å²) in [5.74, 6) is 0. The molecule has 68 valence electrons. The molecule has 1 atom stereocenters. The van der Waals surface area contributed by atoms with Gasteiger partial charge in [-0.05, 0) is 25.5 Å². The van der Waals surface area contributed by atoms with Crippen molar-refractivity contribution in [3.05, 3.63) is 16.5 Å². The van der Waals surface area contributed by atoms with Gasteiger partial charge in [-0.1, -0.05) is 11.6 Å². The molecule has 4 heteroatoms. The maximum atomic E-state index is 5.76. The lowest BCUT2D eigenvalue weighted by Gasteiger charge is -2.05. The molecule has 0 saturated carbocycles. The third kappa shape index (κ3) is 3.43. The largest absolute Gasteiger partial charge is 0.377 e. The summed E-state index contributed by atoms with van der Waals surface area (Å²) in [6, 6.07) is 4.13. The molecule has 2 nitrogen and oxygen atoms in total. The second-order valence-corrected chi connectivity index (χ2v) is 4.51. The molecule has 0 spiro atoms. The molecule has 1 rings (SSSR count). The third-order valence-corrected chi connectivity index (χ3v) is 2.66. The van der Waals surface area contributed by atoms with Crippen LogP contribution in [0.4, 0.5) is 5.00 Å². The first-order valence-electron chi connectivity index (χ1n) is 3.93. The van der Waals surface area contributed by atoms with Crippen molar-refractivity contribution in [3.8, 4) is 0 Å². The molecule has 1 heterocycles. The van der Waals surface area contributed by atoms with Crippen LogP contribution in [0.1, 0.15) is 13.3 Å². The Balaban J connectivity index is 2.24. The summed E-state index contributed by atoms with van der Waals surface area (Å²) in [6.45, 7) is 2.91. The maximum Gasteiger partial charge on any atom is 0.0950 e. The van der Waals surface area contributed by atoms with Crippen LogP contribution in [0.25, 0.3) is 0 Å². The summed E-state index contributed by atoms with van der Waals surface area (Å²) < 4.78 is 0.818. The Bertz CT molecular complexity index is 235. The predicted molar refractivity (Wildman–Crippen MR) is 56.1 cm³/mol. The molecule has 0 aromatic carbocycles. The fraction of sp³-hybridized carbons (Fsp3) is 0.500. The van der Waals surface area contributed by atoms with Crippen molar-refractivity contribution in [2.24, 2.45) is 5.73 Å². The van der Waals surface area contributed by atoms with Crippen molar-refractivity contribution in [3.63, 3.8) is 0 Å². The van der Waals surface area contributed by atoms with Crippen LogP contribution in [0, 0.1) is 0 Å². The van der Waals surface area contributed by atoms with E-state index in [1.54, 1.807) is 11.3 Å². The van der Waals surface area contributed by atoms with E-state index < -0.39 is 0 Å². The highest BCUT2D eigenvalue weighted by Gasteiger charge is 1.97. The van der Waals surface area contributed by atoms with Gasteiger partial charge in [0.15, 0.2) is 0 Å². The monoisotopic (exact) mass is 204 g/mol. The molecule has 0 radical (unpaired) electrons. The summed E-state index contributed by atoms with van der Waals surface area (Å²) in [5.41, 5.74) is 5.60. The lowest BCUT2D eigenvalue weighted by molar-refractivity contribution is 0.691. The van der Waals surface area contributed by atoms with Crippen molar-refractivity contribution in [1.29, 1.82) is 0 Å². The van der Waals surface area contributed by atoms with Gasteiger partial charge < -0.3 is 11.1 Å². The number of thiophene rings is 1. The van der Waals surface area contributed by atoms with E-state index >= 15 is 0 Å². The zero-order chi connectivity index (χ0) is 8.97. The van der Waals surface area contributed by atoms with Crippen molar-refractivity contribution < 1.29 is 0 Å². The minimum atomic E-state index is 0.257. The number of anilines is 1. The minimum absolute atomic E-state index is 0.257. The molecule has 0 amide bonds. The molecule has 0 bridgehead atoms. The normalized spacial score (nSPS) is 12.9. The molecule has 0 aliphatic heterocycles. The first-order valence-corrected chi connectivity index (χ1v) is 5.12. The molecular weight excluding hydrogens is 192 g/mol. The molecular formula is C8H13ClN2S. The SMILES string of the molecule is CC(N)CCNc1ccc(Cl)s1. The Morgan fingerprint density at radius 3 is 2.92 bits per heavy atom. The van der Waals surface area contributed by atoms with Crippen LogP contribution >= 0.6 is 22.9 Å². The molecule has 3 N–H and O–H groups in total. The zero-order valence-electron chi connectivity index (χ0n) is 7.01. The molecule has 1 aromatic heterocycles. The Morgan fingerprint density at radius 1 is 1.67 bits per heavy atom. The van der Waals surface area contributed by atoms with Crippen molar-refractivity contribution in [2.75, 3.05) is 11.9 Å². The highest BCUT2D eigenvalue weighted by molar-refractivity contribution is 7.19. The van der Waals surface area contributed by atoms with Crippen LogP contribution in [0.5, 0.6) is 0 Å². The highest BCUT2D eigenvalue weighted by atomic mass is 35.5. The van der Waals surface area contributed by atoms with Crippen LogP contribution in [0.2, 0.25) is 4.34 Å². The topological polar surface area (TPSA) is 38.0 Å². The number of halogens is 1. The van der Waals surface area contributed by atoms with Gasteiger partial charge in [0.2, 0.25) is 0 Å². The first kappa shape index (κ1) is 9.84. The standard InChI is InChI=1S/C8H13ClN2S/c1-6(10)4-5-11-8-3-2-7(9)12-8/h2-3,6,11H,4-5,10H2,1H3. The van der Waals surface area contributed by atoms with Gasteiger partial charge >= 0.3 is 0 Å². The molecule has 0 aliphatic rings. The van der Waals surface area contributed by atoms with Gasteiger partial charge in [0.1, 0.15) is 0 Å². The van der Waals surface area contributed by atoms with Gasteiger partial charge in [0, 0.05) is 12.6 Å². The van der Waals surface area contributed by atoms with Gasteiger partial charge in [-0.25, -0.2) is 0 Å². The van der Waals surface area contributed by atoms with Crippen LogP contribution in [0.3, 0.4) is 0 Å². The molecule has 0 saturated heterocycles. The predicted octanol–water partition coefficient (Wildman–Crippen LogP) is 2.55. The van der Waals surface area contributed by atoms with Gasteiger partial charge in [-0.15, -0.1) is 11.3 Å².